The van der Waals surface area contributed by atoms with Crippen molar-refractivity contribution in [1.29, 1.82) is 5.41 Å². The van der Waals surface area contributed by atoms with Gasteiger partial charge in [0.15, 0.2) is 5.96 Å². The Morgan fingerprint density at radius 3 is 2.79 bits per heavy atom. The Balaban J connectivity index is 1.48. The minimum Gasteiger partial charge on any atom is -0.487 e. The van der Waals surface area contributed by atoms with E-state index in [1.807, 2.05) is 39.8 Å². The number of halogens is 1. The number of fused-ring (bicyclic) bond motifs is 1. The topological polar surface area (TPSA) is 104 Å². The lowest BCUT2D eigenvalue weighted by molar-refractivity contribution is -0.133. The van der Waals surface area contributed by atoms with E-state index in [0.29, 0.717) is 43.1 Å². The quantitative estimate of drug-likeness (QED) is 0.541. The number of ether oxygens (including phenoxy) is 2. The van der Waals surface area contributed by atoms with Crippen LogP contribution in [0.3, 0.4) is 0 Å². The van der Waals surface area contributed by atoms with Crippen molar-refractivity contribution in [3.05, 3.63) is 28.8 Å². The predicted molar refractivity (Wildman–Crippen MR) is 130 cm³/mol. The summed E-state index contributed by atoms with van der Waals surface area (Å²) in [5.41, 5.74) is 0.0284. The molecule has 4 atom stereocenters. The van der Waals surface area contributed by atoms with Crippen LogP contribution in [0, 0.1) is 17.2 Å². The molecule has 186 valence electrons. The molecule has 1 aromatic carbocycles. The number of methoxy groups -OCH3 is 1. The van der Waals surface area contributed by atoms with Gasteiger partial charge in [0.2, 0.25) is 11.8 Å². The monoisotopic (exact) mass is 490 g/mol. The van der Waals surface area contributed by atoms with Crippen LogP contribution in [0.2, 0.25) is 5.02 Å². The first kappa shape index (κ1) is 24.8. The van der Waals surface area contributed by atoms with E-state index in [2.05, 4.69) is 10.6 Å². The van der Waals surface area contributed by atoms with Crippen LogP contribution in [0.15, 0.2) is 18.2 Å². The van der Waals surface area contributed by atoms with Crippen LogP contribution in [0.4, 0.5) is 0 Å². The maximum absolute atomic E-state index is 13.3. The molecule has 1 aromatic rings. The highest BCUT2D eigenvalue weighted by Crippen LogP contribution is 2.47. The molecule has 9 heteroatoms. The van der Waals surface area contributed by atoms with Gasteiger partial charge in [0.1, 0.15) is 11.4 Å². The van der Waals surface area contributed by atoms with Gasteiger partial charge in [-0.15, -0.1) is 0 Å². The normalized spacial score (nSPS) is 27.8. The van der Waals surface area contributed by atoms with Crippen molar-refractivity contribution >= 4 is 29.4 Å². The van der Waals surface area contributed by atoms with E-state index in [1.54, 1.807) is 13.2 Å². The third kappa shape index (κ3) is 5.18. The number of guanidine groups is 1. The molecule has 4 rings (SSSR count). The highest BCUT2D eigenvalue weighted by molar-refractivity contribution is 6.30. The molecule has 0 unspecified atom stereocenters. The molecule has 1 saturated carbocycles. The molecule has 0 spiro atoms. The molecule has 34 heavy (non-hydrogen) atoms. The van der Waals surface area contributed by atoms with E-state index in [-0.39, 0.29) is 41.7 Å². The van der Waals surface area contributed by atoms with Gasteiger partial charge in [-0.1, -0.05) is 17.7 Å². The smallest absolute Gasteiger partial charge is 0.231 e. The summed E-state index contributed by atoms with van der Waals surface area (Å²) in [4.78, 5) is 27.8. The molecule has 1 aliphatic carbocycles. The highest BCUT2D eigenvalue weighted by atomic mass is 35.5. The molecule has 0 aromatic heterocycles. The number of carbonyl (C=O) groups excluding carboxylic acids is 2. The minimum absolute atomic E-state index is 0.0139. The minimum atomic E-state index is -0.455. The molecule has 3 N–H and O–H groups in total. The summed E-state index contributed by atoms with van der Waals surface area (Å²) in [6.07, 6.45) is 2.21. The van der Waals surface area contributed by atoms with Crippen LogP contribution in [0.5, 0.6) is 5.75 Å². The van der Waals surface area contributed by atoms with Gasteiger partial charge in [0.25, 0.3) is 0 Å². The third-order valence-electron chi connectivity index (χ3n) is 6.93. The van der Waals surface area contributed by atoms with Crippen LogP contribution in [0.25, 0.3) is 0 Å². The van der Waals surface area contributed by atoms with E-state index in [0.717, 1.165) is 5.56 Å². The maximum atomic E-state index is 13.3. The molecular formula is C25H35ClN4O4. The van der Waals surface area contributed by atoms with E-state index in [4.69, 9.17) is 26.5 Å². The highest BCUT2D eigenvalue weighted by Gasteiger charge is 2.53. The Bertz CT molecular complexity index is 975. The van der Waals surface area contributed by atoms with Crippen LogP contribution in [-0.2, 0) is 14.3 Å². The molecule has 2 fully saturated rings. The van der Waals surface area contributed by atoms with E-state index >= 15 is 0 Å². The zero-order valence-corrected chi connectivity index (χ0v) is 21.3. The van der Waals surface area contributed by atoms with Gasteiger partial charge in [-0.05, 0) is 58.6 Å². The summed E-state index contributed by atoms with van der Waals surface area (Å²) in [7, 11) is 1.62. The molecule has 0 radical (unpaired) electrons. The van der Waals surface area contributed by atoms with Crippen molar-refractivity contribution in [2.45, 2.75) is 76.6 Å². The lowest BCUT2D eigenvalue weighted by atomic mass is 9.89. The first-order valence-electron chi connectivity index (χ1n) is 11.9. The Hall–Kier alpha value is -2.32. The van der Waals surface area contributed by atoms with E-state index in [1.165, 1.54) is 4.90 Å². The fourth-order valence-electron chi connectivity index (χ4n) is 5.31. The predicted octanol–water partition coefficient (Wildman–Crippen LogP) is 3.63. The van der Waals surface area contributed by atoms with Crippen molar-refractivity contribution in [1.82, 2.24) is 15.5 Å². The van der Waals surface area contributed by atoms with Crippen LogP contribution in [-0.4, -0.2) is 53.6 Å². The number of nitrogens with one attached hydrogen (secondary N) is 3. The Morgan fingerprint density at radius 1 is 1.38 bits per heavy atom. The second-order valence-corrected chi connectivity index (χ2v) is 11.4. The van der Waals surface area contributed by atoms with Gasteiger partial charge in [-0.3, -0.25) is 19.9 Å². The molecule has 2 aliphatic heterocycles. The molecule has 1 saturated heterocycles. The first-order chi connectivity index (χ1) is 15.9. The van der Waals surface area contributed by atoms with E-state index < -0.39 is 11.1 Å². The summed E-state index contributed by atoms with van der Waals surface area (Å²) in [6, 6.07) is 5.07. The standard InChI is InChI=1S/C25H35ClN4O4/c1-24(2)13-21(31)30(23(27)29-24)19(8-9-33-5)16-11-17(16)22(32)28-18-12-25(3,4)34-20-10-14(26)6-7-15(18)20/h6-7,10,16-19H,8-9,11-13H2,1-5H3,(H2,27,29)(H,28,32)/t16-,17-,18+,19-/m1/s1. The Morgan fingerprint density at radius 2 is 2.12 bits per heavy atom. The van der Waals surface area contributed by atoms with Gasteiger partial charge in [0.05, 0.1) is 6.04 Å². The molecule has 0 bridgehead atoms. The van der Waals surface area contributed by atoms with Crippen molar-refractivity contribution < 1.29 is 19.1 Å². The molecule has 8 nitrogen and oxygen atoms in total. The number of hydrogen-bond acceptors (Lipinski definition) is 5. The van der Waals surface area contributed by atoms with Crippen molar-refractivity contribution in [2.75, 3.05) is 13.7 Å². The van der Waals surface area contributed by atoms with Crippen molar-refractivity contribution in [3.8, 4) is 5.75 Å². The van der Waals surface area contributed by atoms with Crippen molar-refractivity contribution in [3.63, 3.8) is 0 Å². The summed E-state index contributed by atoms with van der Waals surface area (Å²) in [5, 5.41) is 15.4. The molecule has 2 heterocycles. The SMILES string of the molecule is COCC[C@H]([C@@H]1C[C@H]1C(=O)N[C@H]1CC(C)(C)Oc2cc(Cl)ccc21)N1C(=N)NC(C)(C)CC1=O. The van der Waals surface area contributed by atoms with Gasteiger partial charge in [0, 0.05) is 54.6 Å². The molecule has 2 amide bonds. The van der Waals surface area contributed by atoms with Gasteiger partial charge < -0.3 is 20.1 Å². The second kappa shape index (κ2) is 9.04. The number of amides is 2. The number of rotatable bonds is 7. The zero-order valence-electron chi connectivity index (χ0n) is 20.5. The summed E-state index contributed by atoms with van der Waals surface area (Å²) in [5.74, 6) is 0.461. The lowest BCUT2D eigenvalue weighted by Gasteiger charge is -2.42. The average Bonchev–Trinajstić information content (AvgIpc) is 3.48. The van der Waals surface area contributed by atoms with Crippen molar-refractivity contribution in [2.24, 2.45) is 11.8 Å². The average molecular weight is 491 g/mol. The number of carbonyl (C=O) groups is 2. The second-order valence-electron chi connectivity index (χ2n) is 11.0. The zero-order chi connectivity index (χ0) is 24.8. The Kier molecular flexibility index (Phi) is 6.59. The number of nitrogens with zero attached hydrogens (tertiary/aromatic N) is 1. The van der Waals surface area contributed by atoms with Gasteiger partial charge in [-0.25, -0.2) is 0 Å². The first-order valence-corrected chi connectivity index (χ1v) is 12.3. The number of hydrogen-bond donors (Lipinski definition) is 3. The maximum Gasteiger partial charge on any atom is 0.231 e. The summed E-state index contributed by atoms with van der Waals surface area (Å²) >= 11 is 6.16. The lowest BCUT2D eigenvalue weighted by Crippen LogP contribution is -2.63. The largest absolute Gasteiger partial charge is 0.487 e. The molecular weight excluding hydrogens is 456 g/mol. The summed E-state index contributed by atoms with van der Waals surface area (Å²) in [6.45, 7) is 8.28. The number of benzene rings is 1. The van der Waals surface area contributed by atoms with E-state index in [9.17, 15) is 9.59 Å². The third-order valence-corrected chi connectivity index (χ3v) is 7.16. The van der Waals surface area contributed by atoms with Crippen LogP contribution >= 0.6 is 11.6 Å². The van der Waals surface area contributed by atoms with Gasteiger partial charge >= 0.3 is 0 Å². The Labute approximate surface area is 206 Å². The fourth-order valence-corrected chi connectivity index (χ4v) is 5.47. The molecule has 3 aliphatic rings. The fraction of sp³-hybridized carbons (Fsp3) is 0.640. The van der Waals surface area contributed by atoms with Crippen LogP contribution < -0.4 is 15.4 Å². The van der Waals surface area contributed by atoms with Gasteiger partial charge in [-0.2, -0.15) is 0 Å². The summed E-state index contributed by atoms with van der Waals surface area (Å²) < 4.78 is 11.4. The van der Waals surface area contributed by atoms with Crippen LogP contribution in [0.1, 0.15) is 65.0 Å².